The second kappa shape index (κ2) is 4.81. The molecule has 0 bridgehead atoms. The van der Waals surface area contributed by atoms with E-state index in [0.717, 1.165) is 21.8 Å². The average Bonchev–Trinajstić information content (AvgIpc) is 2.64. The van der Waals surface area contributed by atoms with Crippen molar-refractivity contribution in [2.24, 2.45) is 0 Å². The number of hydrogen-bond acceptors (Lipinski definition) is 3. The van der Waals surface area contributed by atoms with Crippen molar-refractivity contribution in [3.63, 3.8) is 0 Å². The van der Waals surface area contributed by atoms with Gasteiger partial charge in [0.1, 0.15) is 0 Å². The average molecular weight is 294 g/mol. The van der Waals surface area contributed by atoms with E-state index in [0.29, 0.717) is 5.15 Å². The van der Waals surface area contributed by atoms with Crippen molar-refractivity contribution in [3.05, 3.63) is 21.4 Å². The Bertz CT molecular complexity index is 329. The molecule has 2 heterocycles. The minimum atomic E-state index is 0.438. The summed E-state index contributed by atoms with van der Waals surface area (Å²) in [5.41, 5.74) is 1.03. The van der Waals surface area contributed by atoms with E-state index in [-0.39, 0.29) is 0 Å². The number of nitrogens with zero attached hydrogens (tertiary/aromatic N) is 2. The van der Waals surface area contributed by atoms with Gasteiger partial charge in [0.05, 0.1) is 10.2 Å². The van der Waals surface area contributed by atoms with Crippen molar-refractivity contribution in [2.45, 2.75) is 24.5 Å². The highest BCUT2D eigenvalue weighted by Gasteiger charge is 2.17. The molecule has 1 aliphatic heterocycles. The lowest BCUT2D eigenvalue weighted by Crippen LogP contribution is -2.04. The lowest BCUT2D eigenvalue weighted by Gasteiger charge is -2.06. The number of hydrogen-bond donors (Lipinski definition) is 0. The van der Waals surface area contributed by atoms with E-state index in [1.165, 1.54) is 18.6 Å². The lowest BCUT2D eigenvalue weighted by atomic mass is 10.1. The molecule has 2 nitrogen and oxygen atoms in total. The second-order valence-corrected chi connectivity index (χ2v) is 5.93. The maximum Gasteiger partial charge on any atom is 0.165 e. The fourth-order valence-electron chi connectivity index (χ4n) is 1.53. The molecule has 1 saturated heterocycles. The number of rotatable bonds is 2. The first-order valence-corrected chi connectivity index (χ1v) is 6.77. The molecule has 2 rings (SSSR count). The first-order chi connectivity index (χ1) is 6.75. The zero-order chi connectivity index (χ0) is 9.97. The Morgan fingerprint density at radius 2 is 2.43 bits per heavy atom. The van der Waals surface area contributed by atoms with E-state index in [9.17, 15) is 0 Å². The smallest absolute Gasteiger partial charge is 0.158 e. The standard InChI is InChI=1S/C9H10BrClN2S/c10-8-5-6(12-13-9(8)11)4-7-2-1-3-14-7/h5,7H,1-4H2. The van der Waals surface area contributed by atoms with E-state index in [1.807, 2.05) is 17.8 Å². The summed E-state index contributed by atoms with van der Waals surface area (Å²) in [5.74, 6) is 1.28. The first kappa shape index (κ1) is 10.7. The van der Waals surface area contributed by atoms with Crippen LogP contribution >= 0.6 is 39.3 Å². The van der Waals surface area contributed by atoms with Crippen LogP contribution in [0, 0.1) is 0 Å². The van der Waals surface area contributed by atoms with E-state index >= 15 is 0 Å². The van der Waals surface area contributed by atoms with E-state index < -0.39 is 0 Å². The predicted molar refractivity (Wildman–Crippen MR) is 63.9 cm³/mol. The Balaban J connectivity index is 2.05. The summed E-state index contributed by atoms with van der Waals surface area (Å²) in [7, 11) is 0. The van der Waals surface area contributed by atoms with Gasteiger partial charge in [-0.3, -0.25) is 0 Å². The van der Waals surface area contributed by atoms with Crippen LogP contribution in [-0.4, -0.2) is 21.2 Å². The summed E-state index contributed by atoms with van der Waals surface area (Å²) in [4.78, 5) is 0. The summed E-state index contributed by atoms with van der Waals surface area (Å²) in [6.45, 7) is 0. The molecule has 0 radical (unpaired) electrons. The van der Waals surface area contributed by atoms with Crippen molar-refractivity contribution >= 4 is 39.3 Å². The maximum absolute atomic E-state index is 5.77. The van der Waals surface area contributed by atoms with Crippen molar-refractivity contribution in [1.82, 2.24) is 10.2 Å². The van der Waals surface area contributed by atoms with Gasteiger partial charge in [0, 0.05) is 11.7 Å². The highest BCUT2D eigenvalue weighted by Crippen LogP contribution is 2.29. The molecule has 0 saturated carbocycles. The molecule has 14 heavy (non-hydrogen) atoms. The van der Waals surface area contributed by atoms with Gasteiger partial charge in [-0.1, -0.05) is 11.6 Å². The van der Waals surface area contributed by atoms with Crippen molar-refractivity contribution < 1.29 is 0 Å². The molecular weight excluding hydrogens is 284 g/mol. The van der Waals surface area contributed by atoms with Gasteiger partial charge in [-0.15, -0.1) is 5.10 Å². The zero-order valence-electron chi connectivity index (χ0n) is 7.54. The minimum Gasteiger partial charge on any atom is -0.158 e. The van der Waals surface area contributed by atoms with E-state index in [2.05, 4.69) is 26.1 Å². The summed E-state index contributed by atoms with van der Waals surface area (Å²) < 4.78 is 0.840. The quantitative estimate of drug-likeness (QED) is 0.836. The molecule has 0 spiro atoms. The van der Waals surface area contributed by atoms with Crippen LogP contribution in [0.4, 0.5) is 0 Å². The highest BCUT2D eigenvalue weighted by molar-refractivity contribution is 9.10. The third kappa shape index (κ3) is 2.61. The van der Waals surface area contributed by atoms with Crippen LogP contribution in [0.1, 0.15) is 18.5 Å². The van der Waals surface area contributed by atoms with Crippen LogP contribution in [0.5, 0.6) is 0 Å². The fraction of sp³-hybridized carbons (Fsp3) is 0.556. The summed E-state index contributed by atoms with van der Waals surface area (Å²) in [6.07, 6.45) is 3.64. The van der Waals surface area contributed by atoms with Gasteiger partial charge in [-0.2, -0.15) is 16.9 Å². The molecule has 0 aromatic carbocycles. The minimum absolute atomic E-state index is 0.438. The molecule has 0 aliphatic carbocycles. The molecule has 1 unspecified atom stereocenters. The van der Waals surface area contributed by atoms with Crippen molar-refractivity contribution in [3.8, 4) is 0 Å². The topological polar surface area (TPSA) is 25.8 Å². The van der Waals surface area contributed by atoms with Gasteiger partial charge in [0.25, 0.3) is 0 Å². The van der Waals surface area contributed by atoms with E-state index in [4.69, 9.17) is 11.6 Å². The van der Waals surface area contributed by atoms with Crippen LogP contribution in [0.3, 0.4) is 0 Å². The van der Waals surface area contributed by atoms with Gasteiger partial charge in [-0.05, 0) is 40.6 Å². The molecule has 76 valence electrons. The molecule has 1 aromatic heterocycles. The molecule has 0 N–H and O–H groups in total. The van der Waals surface area contributed by atoms with Gasteiger partial charge < -0.3 is 0 Å². The van der Waals surface area contributed by atoms with Crippen LogP contribution in [0.2, 0.25) is 5.15 Å². The van der Waals surface area contributed by atoms with Crippen LogP contribution in [0.25, 0.3) is 0 Å². The molecule has 5 heteroatoms. The molecule has 1 aromatic rings. The Morgan fingerprint density at radius 3 is 3.07 bits per heavy atom. The molecule has 1 fully saturated rings. The third-order valence-electron chi connectivity index (χ3n) is 2.22. The molecule has 0 amide bonds. The Hall–Kier alpha value is 0.200. The van der Waals surface area contributed by atoms with E-state index in [1.54, 1.807) is 0 Å². The van der Waals surface area contributed by atoms with Gasteiger partial charge >= 0.3 is 0 Å². The van der Waals surface area contributed by atoms with Crippen LogP contribution < -0.4 is 0 Å². The molecule has 1 atom stereocenters. The van der Waals surface area contributed by atoms with Crippen LogP contribution in [0.15, 0.2) is 10.5 Å². The monoisotopic (exact) mass is 292 g/mol. The second-order valence-electron chi connectivity index (χ2n) is 3.31. The van der Waals surface area contributed by atoms with Crippen molar-refractivity contribution in [2.75, 3.05) is 5.75 Å². The Morgan fingerprint density at radius 1 is 1.57 bits per heavy atom. The maximum atomic E-state index is 5.77. The number of halogens is 2. The summed E-state index contributed by atoms with van der Waals surface area (Å²) >= 11 is 11.2. The molecular formula is C9H10BrClN2S. The van der Waals surface area contributed by atoms with Crippen LogP contribution in [-0.2, 0) is 6.42 Å². The third-order valence-corrected chi connectivity index (χ3v) is 4.73. The van der Waals surface area contributed by atoms with Crippen molar-refractivity contribution in [1.29, 1.82) is 0 Å². The SMILES string of the molecule is Clc1nnc(CC2CCCS2)cc1Br. The normalized spacial score (nSPS) is 21.4. The summed E-state index contributed by atoms with van der Waals surface area (Å²) in [5, 5.41) is 9.11. The first-order valence-electron chi connectivity index (χ1n) is 4.55. The zero-order valence-corrected chi connectivity index (χ0v) is 10.7. The molecule has 1 aliphatic rings. The number of aromatic nitrogens is 2. The Labute approximate surface area is 101 Å². The lowest BCUT2D eigenvalue weighted by molar-refractivity contribution is 0.750. The largest absolute Gasteiger partial charge is 0.165 e. The fourth-order valence-corrected chi connectivity index (χ4v) is 3.25. The van der Waals surface area contributed by atoms with Gasteiger partial charge in [0.2, 0.25) is 0 Å². The highest BCUT2D eigenvalue weighted by atomic mass is 79.9. The van der Waals surface area contributed by atoms with Gasteiger partial charge in [0.15, 0.2) is 5.15 Å². The van der Waals surface area contributed by atoms with Gasteiger partial charge in [-0.25, -0.2) is 0 Å². The summed E-state index contributed by atoms with van der Waals surface area (Å²) in [6, 6.07) is 1.97. The predicted octanol–water partition coefficient (Wildman–Crippen LogP) is 3.33. The Kier molecular flexibility index (Phi) is 3.68. The number of thioether (sulfide) groups is 1.